The van der Waals surface area contributed by atoms with Crippen LogP contribution in [-0.4, -0.2) is 49.8 Å². The summed E-state index contributed by atoms with van der Waals surface area (Å²) >= 11 is 0. The summed E-state index contributed by atoms with van der Waals surface area (Å²) in [5, 5.41) is 11.4. The van der Waals surface area contributed by atoms with Crippen molar-refractivity contribution in [2.45, 2.75) is 6.54 Å². The number of nitrogens with one attached hydrogen (secondary N) is 1. The Hall–Kier alpha value is -2.25. The van der Waals surface area contributed by atoms with Crippen LogP contribution in [0.2, 0.25) is 0 Å². The summed E-state index contributed by atoms with van der Waals surface area (Å²) in [5.74, 6) is 0. The van der Waals surface area contributed by atoms with Crippen molar-refractivity contribution >= 4 is 5.65 Å². The predicted octanol–water partition coefficient (Wildman–Crippen LogP) is 0.510. The molecule has 7 nitrogen and oxygen atoms in total. The van der Waals surface area contributed by atoms with Gasteiger partial charge in [0.2, 0.25) is 0 Å². The highest BCUT2D eigenvalue weighted by molar-refractivity contribution is 5.63. The number of nitrogens with two attached hydrogens (primary N) is 1. The zero-order valence-electron chi connectivity index (χ0n) is 11.3. The maximum absolute atomic E-state index is 5.57. The van der Waals surface area contributed by atoms with Gasteiger partial charge in [0.1, 0.15) is 6.33 Å². The molecule has 0 amide bonds. The maximum atomic E-state index is 5.57. The molecule has 7 heteroatoms. The topological polar surface area (TPSA) is 88.1 Å². The van der Waals surface area contributed by atoms with E-state index in [-0.39, 0.29) is 0 Å². The van der Waals surface area contributed by atoms with E-state index in [9.17, 15) is 0 Å². The molecule has 3 N–H and O–H groups in total. The number of aromatic nitrogens is 5. The first-order valence-corrected chi connectivity index (χ1v) is 6.48. The Morgan fingerprint density at radius 1 is 1.40 bits per heavy atom. The van der Waals surface area contributed by atoms with Crippen LogP contribution in [0.15, 0.2) is 30.9 Å². The molecule has 0 saturated heterocycles. The Morgan fingerprint density at radius 3 is 3.15 bits per heavy atom. The van der Waals surface area contributed by atoms with Gasteiger partial charge in [-0.05, 0) is 19.2 Å². The van der Waals surface area contributed by atoms with E-state index in [0.717, 1.165) is 35.6 Å². The van der Waals surface area contributed by atoms with E-state index in [0.29, 0.717) is 6.54 Å². The van der Waals surface area contributed by atoms with Crippen molar-refractivity contribution in [2.75, 3.05) is 20.1 Å². The highest BCUT2D eigenvalue weighted by Crippen LogP contribution is 2.22. The molecule has 3 rings (SSSR count). The van der Waals surface area contributed by atoms with Crippen LogP contribution in [0.3, 0.4) is 0 Å². The number of H-pyrrole nitrogens is 1. The van der Waals surface area contributed by atoms with Crippen LogP contribution in [0.1, 0.15) is 5.56 Å². The van der Waals surface area contributed by atoms with Crippen LogP contribution in [-0.2, 0) is 6.54 Å². The lowest BCUT2D eigenvalue weighted by Crippen LogP contribution is -2.25. The van der Waals surface area contributed by atoms with Crippen molar-refractivity contribution in [3.63, 3.8) is 0 Å². The third kappa shape index (κ3) is 2.40. The van der Waals surface area contributed by atoms with Crippen molar-refractivity contribution in [2.24, 2.45) is 5.73 Å². The van der Waals surface area contributed by atoms with Gasteiger partial charge in [0.05, 0.1) is 11.9 Å². The average Bonchev–Trinajstić information content (AvgIpc) is 3.06. The Bertz CT molecular complexity index is 699. The smallest absolute Gasteiger partial charge is 0.155 e. The van der Waals surface area contributed by atoms with E-state index in [1.54, 1.807) is 10.8 Å². The second-order valence-corrected chi connectivity index (χ2v) is 4.78. The van der Waals surface area contributed by atoms with Gasteiger partial charge in [-0.2, -0.15) is 10.2 Å². The first-order chi connectivity index (χ1) is 9.78. The normalized spacial score (nSPS) is 11.6. The second kappa shape index (κ2) is 5.40. The lowest BCUT2D eigenvalue weighted by Gasteiger charge is -2.15. The van der Waals surface area contributed by atoms with Gasteiger partial charge >= 0.3 is 0 Å². The van der Waals surface area contributed by atoms with Crippen molar-refractivity contribution in [3.8, 4) is 11.3 Å². The molecule has 0 radical (unpaired) electrons. The zero-order valence-corrected chi connectivity index (χ0v) is 11.3. The summed E-state index contributed by atoms with van der Waals surface area (Å²) in [4.78, 5) is 6.31. The molecule has 0 aromatic carbocycles. The molecule has 104 valence electrons. The Balaban J connectivity index is 1.91. The monoisotopic (exact) mass is 271 g/mol. The SMILES string of the molecule is CN(CCN)Cc1cn[nH]c1-c1ccc2ncnn2c1. The number of fused-ring (bicyclic) bond motifs is 1. The minimum Gasteiger partial charge on any atom is -0.329 e. The van der Waals surface area contributed by atoms with Gasteiger partial charge in [0.25, 0.3) is 0 Å². The lowest BCUT2D eigenvalue weighted by atomic mass is 10.1. The summed E-state index contributed by atoms with van der Waals surface area (Å²) < 4.78 is 1.75. The maximum Gasteiger partial charge on any atom is 0.155 e. The molecule has 0 aliphatic heterocycles. The van der Waals surface area contributed by atoms with E-state index in [4.69, 9.17) is 5.73 Å². The van der Waals surface area contributed by atoms with Crippen LogP contribution < -0.4 is 5.73 Å². The Morgan fingerprint density at radius 2 is 2.30 bits per heavy atom. The molecule has 3 aromatic heterocycles. The number of rotatable bonds is 5. The molecule has 20 heavy (non-hydrogen) atoms. The van der Waals surface area contributed by atoms with Gasteiger partial charge < -0.3 is 10.6 Å². The van der Waals surface area contributed by atoms with E-state index >= 15 is 0 Å². The van der Waals surface area contributed by atoms with Gasteiger partial charge in [0, 0.05) is 37.0 Å². The van der Waals surface area contributed by atoms with Crippen LogP contribution in [0.4, 0.5) is 0 Å². The third-order valence-corrected chi connectivity index (χ3v) is 3.23. The standard InChI is InChI=1S/C13H17N7/c1-19(5-4-14)7-11-6-16-18-13(11)10-2-3-12-15-9-17-20(12)8-10/h2-3,6,8-9H,4-5,7,14H2,1H3,(H,16,18). The Kier molecular flexibility index (Phi) is 3.44. The molecule has 0 aliphatic carbocycles. The molecule has 3 heterocycles. The number of aromatic amines is 1. The van der Waals surface area contributed by atoms with Crippen molar-refractivity contribution < 1.29 is 0 Å². The van der Waals surface area contributed by atoms with Crippen molar-refractivity contribution in [3.05, 3.63) is 36.4 Å². The summed E-state index contributed by atoms with van der Waals surface area (Å²) in [6, 6.07) is 3.96. The molecular formula is C13H17N7. The number of nitrogens with zero attached hydrogens (tertiary/aromatic N) is 5. The van der Waals surface area contributed by atoms with Crippen LogP contribution in [0.25, 0.3) is 16.9 Å². The van der Waals surface area contributed by atoms with Gasteiger partial charge in [0.15, 0.2) is 5.65 Å². The van der Waals surface area contributed by atoms with Gasteiger partial charge in [-0.15, -0.1) is 0 Å². The van der Waals surface area contributed by atoms with Gasteiger partial charge in [-0.3, -0.25) is 5.10 Å². The number of pyridine rings is 1. The van der Waals surface area contributed by atoms with Crippen LogP contribution in [0.5, 0.6) is 0 Å². The van der Waals surface area contributed by atoms with E-state index < -0.39 is 0 Å². The molecule has 0 saturated carbocycles. The molecule has 0 aliphatic rings. The van der Waals surface area contributed by atoms with Crippen LogP contribution in [0, 0.1) is 0 Å². The fourth-order valence-corrected chi connectivity index (χ4v) is 2.24. The molecule has 0 fully saturated rings. The predicted molar refractivity (Wildman–Crippen MR) is 76.0 cm³/mol. The minimum absolute atomic E-state index is 0.647. The highest BCUT2D eigenvalue weighted by Gasteiger charge is 2.10. The zero-order chi connectivity index (χ0) is 13.9. The third-order valence-electron chi connectivity index (χ3n) is 3.23. The van der Waals surface area contributed by atoms with E-state index in [2.05, 4.69) is 25.2 Å². The van der Waals surface area contributed by atoms with Crippen molar-refractivity contribution in [1.29, 1.82) is 0 Å². The molecule has 0 spiro atoms. The quantitative estimate of drug-likeness (QED) is 0.706. The number of hydrogen-bond donors (Lipinski definition) is 2. The summed E-state index contributed by atoms with van der Waals surface area (Å²) in [5.41, 5.74) is 9.59. The summed E-state index contributed by atoms with van der Waals surface area (Å²) in [6.07, 6.45) is 5.35. The first kappa shape index (κ1) is 12.8. The average molecular weight is 271 g/mol. The number of hydrogen-bond acceptors (Lipinski definition) is 5. The van der Waals surface area contributed by atoms with E-state index in [1.807, 2.05) is 31.6 Å². The van der Waals surface area contributed by atoms with Crippen molar-refractivity contribution in [1.82, 2.24) is 29.7 Å². The molecule has 3 aromatic rings. The number of likely N-dealkylation sites (N-methyl/N-ethyl adjacent to an activating group) is 1. The fraction of sp³-hybridized carbons (Fsp3) is 0.308. The van der Waals surface area contributed by atoms with Gasteiger partial charge in [-0.1, -0.05) is 0 Å². The van der Waals surface area contributed by atoms with Crippen LogP contribution >= 0.6 is 0 Å². The summed E-state index contributed by atoms with van der Waals surface area (Å²) in [6.45, 7) is 2.31. The molecule has 0 atom stereocenters. The molecular weight excluding hydrogens is 254 g/mol. The molecule has 0 unspecified atom stereocenters. The fourth-order valence-electron chi connectivity index (χ4n) is 2.24. The Labute approximate surface area is 116 Å². The van der Waals surface area contributed by atoms with E-state index in [1.165, 1.54) is 0 Å². The second-order valence-electron chi connectivity index (χ2n) is 4.78. The minimum atomic E-state index is 0.647. The summed E-state index contributed by atoms with van der Waals surface area (Å²) in [7, 11) is 2.05. The van der Waals surface area contributed by atoms with Gasteiger partial charge in [-0.25, -0.2) is 9.50 Å². The highest BCUT2D eigenvalue weighted by atomic mass is 15.3. The molecule has 0 bridgehead atoms. The largest absolute Gasteiger partial charge is 0.329 e. The first-order valence-electron chi connectivity index (χ1n) is 6.48. The lowest BCUT2D eigenvalue weighted by molar-refractivity contribution is 0.337.